The number of aliphatic hydroxyl groups is 1. The molecule has 2 heterocycles. The molecule has 0 aliphatic heterocycles. The molecule has 7 nitrogen and oxygen atoms in total. The second-order valence-corrected chi connectivity index (χ2v) is 7.05. The van der Waals surface area contributed by atoms with E-state index in [2.05, 4.69) is 20.0 Å². The van der Waals surface area contributed by atoms with Crippen LogP contribution in [0.4, 0.5) is 13.2 Å². The Bertz CT molecular complexity index is 948. The lowest BCUT2D eigenvalue weighted by molar-refractivity contribution is -0.154. The zero-order valence-electron chi connectivity index (χ0n) is 17.4. The Labute approximate surface area is 177 Å². The predicted molar refractivity (Wildman–Crippen MR) is 106 cm³/mol. The van der Waals surface area contributed by atoms with E-state index in [0.29, 0.717) is 28.9 Å². The molecular weight excluding hydrogens is 415 g/mol. The van der Waals surface area contributed by atoms with Gasteiger partial charge in [0.2, 0.25) is 5.88 Å². The molecule has 10 heteroatoms. The molecule has 0 spiro atoms. The number of halogens is 3. The molecular formula is C21H24F3N3O4. The normalized spacial score (nSPS) is 12.4. The molecule has 1 unspecified atom stereocenters. The standard InChI is InChI=1S/C21H24F3N3O4/c1-4-18(29)8-17-7-14(5-12(2)26-17)19(30)27-13(3)15-6-16(10-28)20(25-9-15)31-11-21(22,23)24/h5-7,9,13,28H,4,8,10-11H2,1-3H3,(H,27,30). The van der Waals surface area contributed by atoms with Crippen LogP contribution < -0.4 is 10.1 Å². The van der Waals surface area contributed by atoms with Crippen LogP contribution in [0.3, 0.4) is 0 Å². The molecule has 0 aliphatic carbocycles. The Hall–Kier alpha value is -3.01. The first-order valence-corrected chi connectivity index (χ1v) is 9.61. The lowest BCUT2D eigenvalue weighted by Crippen LogP contribution is -2.27. The van der Waals surface area contributed by atoms with Crippen molar-refractivity contribution in [2.24, 2.45) is 0 Å². The van der Waals surface area contributed by atoms with E-state index < -0.39 is 31.3 Å². The van der Waals surface area contributed by atoms with E-state index in [1.165, 1.54) is 12.3 Å². The average molecular weight is 439 g/mol. The second-order valence-electron chi connectivity index (χ2n) is 7.05. The quantitative estimate of drug-likeness (QED) is 0.622. The minimum absolute atomic E-state index is 0.00765. The highest BCUT2D eigenvalue weighted by Gasteiger charge is 2.29. The number of nitrogens with zero attached hydrogens (tertiary/aromatic N) is 2. The molecule has 168 valence electrons. The monoisotopic (exact) mass is 439 g/mol. The summed E-state index contributed by atoms with van der Waals surface area (Å²) in [5, 5.41) is 12.2. The maximum absolute atomic E-state index is 12.7. The fourth-order valence-electron chi connectivity index (χ4n) is 2.80. The molecule has 2 rings (SSSR count). The van der Waals surface area contributed by atoms with Crippen LogP contribution >= 0.6 is 0 Å². The Kier molecular flexibility index (Phi) is 8.09. The highest BCUT2D eigenvalue weighted by molar-refractivity contribution is 5.95. The molecule has 0 aromatic carbocycles. The van der Waals surface area contributed by atoms with Crippen molar-refractivity contribution in [2.45, 2.75) is 52.4 Å². The number of pyridine rings is 2. The fourth-order valence-corrected chi connectivity index (χ4v) is 2.80. The van der Waals surface area contributed by atoms with Gasteiger partial charge in [0, 0.05) is 41.6 Å². The number of ether oxygens (including phenoxy) is 1. The number of hydrogen-bond acceptors (Lipinski definition) is 6. The maximum atomic E-state index is 12.7. The zero-order chi connectivity index (χ0) is 23.2. The van der Waals surface area contributed by atoms with Crippen LogP contribution in [-0.4, -0.2) is 39.5 Å². The van der Waals surface area contributed by atoms with Crippen LogP contribution in [-0.2, 0) is 17.8 Å². The number of amides is 1. The van der Waals surface area contributed by atoms with E-state index in [1.54, 1.807) is 32.9 Å². The van der Waals surface area contributed by atoms with Crippen molar-refractivity contribution in [2.75, 3.05) is 6.61 Å². The summed E-state index contributed by atoms with van der Waals surface area (Å²) in [6.45, 7) is 3.04. The number of aryl methyl sites for hydroxylation is 1. The van der Waals surface area contributed by atoms with E-state index in [9.17, 15) is 27.9 Å². The average Bonchev–Trinajstić information content (AvgIpc) is 2.70. The van der Waals surface area contributed by atoms with Crippen LogP contribution in [0.15, 0.2) is 24.4 Å². The lowest BCUT2D eigenvalue weighted by Gasteiger charge is -2.17. The Morgan fingerprint density at radius 1 is 1.26 bits per heavy atom. The number of carbonyl (C=O) groups excluding carboxylic acids is 2. The van der Waals surface area contributed by atoms with Crippen molar-refractivity contribution in [1.82, 2.24) is 15.3 Å². The number of carbonyl (C=O) groups is 2. The van der Waals surface area contributed by atoms with Gasteiger partial charge in [0.25, 0.3) is 5.91 Å². The van der Waals surface area contributed by atoms with Crippen LogP contribution in [0.1, 0.15) is 59.2 Å². The summed E-state index contributed by atoms with van der Waals surface area (Å²) in [6, 6.07) is 4.00. The predicted octanol–water partition coefficient (Wildman–Crippen LogP) is 3.23. The number of rotatable bonds is 9. The van der Waals surface area contributed by atoms with Crippen LogP contribution in [0.25, 0.3) is 0 Å². The Balaban J connectivity index is 2.14. The van der Waals surface area contributed by atoms with Crippen molar-refractivity contribution in [3.8, 4) is 5.88 Å². The third-order valence-corrected chi connectivity index (χ3v) is 4.38. The smallest absolute Gasteiger partial charge is 0.422 e. The van der Waals surface area contributed by atoms with Gasteiger partial charge in [-0.2, -0.15) is 13.2 Å². The molecule has 0 aliphatic rings. The van der Waals surface area contributed by atoms with E-state index in [1.807, 2.05) is 0 Å². The van der Waals surface area contributed by atoms with Crippen LogP contribution in [0, 0.1) is 6.92 Å². The molecule has 0 bridgehead atoms. The summed E-state index contributed by atoms with van der Waals surface area (Å²) in [7, 11) is 0. The van der Waals surface area contributed by atoms with Gasteiger partial charge in [0.1, 0.15) is 5.78 Å². The topological polar surface area (TPSA) is 101 Å². The summed E-state index contributed by atoms with van der Waals surface area (Å²) < 4.78 is 41.7. The van der Waals surface area contributed by atoms with Gasteiger partial charge in [-0.1, -0.05) is 6.92 Å². The SMILES string of the molecule is CCC(=O)Cc1cc(C(=O)NC(C)c2cnc(OCC(F)(F)F)c(CO)c2)cc(C)n1. The molecule has 0 saturated heterocycles. The molecule has 31 heavy (non-hydrogen) atoms. The third-order valence-electron chi connectivity index (χ3n) is 4.38. The minimum atomic E-state index is -4.53. The summed E-state index contributed by atoms with van der Waals surface area (Å²) in [6.07, 6.45) is -2.75. The number of aromatic nitrogens is 2. The van der Waals surface area contributed by atoms with E-state index >= 15 is 0 Å². The first-order chi connectivity index (χ1) is 14.5. The molecule has 1 atom stereocenters. The Morgan fingerprint density at radius 3 is 2.58 bits per heavy atom. The van der Waals surface area contributed by atoms with Gasteiger partial charge < -0.3 is 15.2 Å². The highest BCUT2D eigenvalue weighted by atomic mass is 19.4. The molecule has 0 fully saturated rings. The summed E-state index contributed by atoms with van der Waals surface area (Å²) in [4.78, 5) is 32.5. The third kappa shape index (κ3) is 7.32. The molecule has 1 amide bonds. The largest absolute Gasteiger partial charge is 0.468 e. The van der Waals surface area contributed by atoms with Crippen LogP contribution in [0.5, 0.6) is 5.88 Å². The van der Waals surface area contributed by atoms with Crippen molar-refractivity contribution in [3.63, 3.8) is 0 Å². The molecule has 0 radical (unpaired) electrons. The number of aliphatic hydroxyl groups excluding tert-OH is 1. The van der Waals surface area contributed by atoms with Gasteiger partial charge in [-0.05, 0) is 37.6 Å². The molecule has 2 aromatic heterocycles. The number of Topliss-reactive ketones (excluding diaryl/α,β-unsaturated/α-hetero) is 1. The van der Waals surface area contributed by atoms with E-state index in [0.717, 1.165) is 0 Å². The molecule has 2 N–H and O–H groups in total. The Morgan fingerprint density at radius 2 is 1.97 bits per heavy atom. The summed E-state index contributed by atoms with van der Waals surface area (Å²) in [5.41, 5.74) is 1.97. The first kappa shape index (κ1) is 24.3. The number of hydrogen-bond donors (Lipinski definition) is 2. The second kappa shape index (κ2) is 10.3. The van der Waals surface area contributed by atoms with Gasteiger partial charge in [-0.25, -0.2) is 4.98 Å². The molecule has 0 saturated carbocycles. The van der Waals surface area contributed by atoms with E-state index in [4.69, 9.17) is 0 Å². The van der Waals surface area contributed by atoms with Gasteiger partial charge >= 0.3 is 6.18 Å². The fraction of sp³-hybridized carbons (Fsp3) is 0.429. The maximum Gasteiger partial charge on any atom is 0.422 e. The van der Waals surface area contributed by atoms with Gasteiger partial charge in [-0.15, -0.1) is 0 Å². The highest BCUT2D eigenvalue weighted by Crippen LogP contribution is 2.23. The van der Waals surface area contributed by atoms with E-state index in [-0.39, 0.29) is 23.6 Å². The lowest BCUT2D eigenvalue weighted by atomic mass is 10.1. The summed E-state index contributed by atoms with van der Waals surface area (Å²) >= 11 is 0. The first-order valence-electron chi connectivity index (χ1n) is 9.61. The van der Waals surface area contributed by atoms with Crippen molar-refractivity contribution >= 4 is 11.7 Å². The summed E-state index contributed by atoms with van der Waals surface area (Å²) in [5.74, 6) is -0.725. The van der Waals surface area contributed by atoms with Crippen molar-refractivity contribution < 1.29 is 32.6 Å². The van der Waals surface area contributed by atoms with Crippen LogP contribution in [0.2, 0.25) is 0 Å². The number of alkyl halides is 3. The minimum Gasteiger partial charge on any atom is -0.468 e. The van der Waals surface area contributed by atoms with Crippen molar-refractivity contribution in [3.05, 3.63) is 52.5 Å². The van der Waals surface area contributed by atoms with Crippen molar-refractivity contribution in [1.29, 1.82) is 0 Å². The number of nitrogens with one attached hydrogen (secondary N) is 1. The number of ketones is 1. The molecule has 2 aromatic rings. The van der Waals surface area contributed by atoms with Gasteiger partial charge in [-0.3, -0.25) is 14.6 Å². The van der Waals surface area contributed by atoms with Gasteiger partial charge in [0.15, 0.2) is 6.61 Å². The zero-order valence-corrected chi connectivity index (χ0v) is 17.4. The van der Waals surface area contributed by atoms with Gasteiger partial charge in [0.05, 0.1) is 12.6 Å².